The molecule has 1 rings (SSSR count). The minimum Gasteiger partial charge on any atom is -0.299 e. The summed E-state index contributed by atoms with van der Waals surface area (Å²) in [6, 6.07) is 8.05. The van der Waals surface area contributed by atoms with E-state index >= 15 is 0 Å². The Bertz CT molecular complexity index is 170. The summed E-state index contributed by atoms with van der Waals surface area (Å²) in [6.45, 7) is 2.13. The molecule has 0 spiro atoms. The van der Waals surface area contributed by atoms with Gasteiger partial charge in [-0.3, -0.25) is 4.84 Å². The van der Waals surface area contributed by atoms with Crippen molar-refractivity contribution in [2.24, 2.45) is 0 Å². The summed E-state index contributed by atoms with van der Waals surface area (Å²) in [6.07, 6.45) is 1.07. The first kappa shape index (κ1) is 7.42. The van der Waals surface area contributed by atoms with Crippen molar-refractivity contribution in [3.63, 3.8) is 0 Å². The topological polar surface area (TPSA) is 12.0 Å². The van der Waals surface area contributed by atoms with Gasteiger partial charge < -0.3 is 0 Å². The van der Waals surface area contributed by atoms with Gasteiger partial charge in [0.2, 0.25) is 0 Å². The molecule has 1 aromatic carbocycles. The fourth-order valence-electron chi connectivity index (χ4n) is 0.803. The number of hydrogen-bond acceptors (Lipinski definition) is 1. The SMILES string of the molecule is CCc1ccc(NCl)cc1. The van der Waals surface area contributed by atoms with Gasteiger partial charge in [0.05, 0.1) is 0 Å². The molecular formula is C8H10ClN. The highest BCUT2D eigenvalue weighted by atomic mass is 35.5. The Hall–Kier alpha value is -0.690. The summed E-state index contributed by atoms with van der Waals surface area (Å²) in [5, 5.41) is 0. The molecule has 1 aromatic rings. The number of hydrogen-bond donors (Lipinski definition) is 1. The summed E-state index contributed by atoms with van der Waals surface area (Å²) in [5.41, 5.74) is 2.27. The molecular weight excluding hydrogens is 146 g/mol. The molecule has 0 aliphatic carbocycles. The van der Waals surface area contributed by atoms with Gasteiger partial charge in [0, 0.05) is 17.5 Å². The van der Waals surface area contributed by atoms with Gasteiger partial charge in [-0.25, -0.2) is 0 Å². The van der Waals surface area contributed by atoms with Crippen LogP contribution in [0.5, 0.6) is 0 Å². The Labute approximate surface area is 66.1 Å². The van der Waals surface area contributed by atoms with Crippen LogP contribution >= 0.6 is 11.8 Å². The summed E-state index contributed by atoms with van der Waals surface area (Å²) < 4.78 is 0. The Kier molecular flexibility index (Phi) is 2.57. The minimum absolute atomic E-state index is 0.943. The number of rotatable bonds is 2. The number of nitrogens with one attached hydrogen (secondary N) is 1. The van der Waals surface area contributed by atoms with Gasteiger partial charge in [0.25, 0.3) is 0 Å². The summed E-state index contributed by atoms with van der Waals surface area (Å²) in [5.74, 6) is 0. The fraction of sp³-hybridized carbons (Fsp3) is 0.250. The molecule has 0 saturated heterocycles. The molecule has 0 aliphatic heterocycles. The quantitative estimate of drug-likeness (QED) is 0.648. The van der Waals surface area contributed by atoms with E-state index in [4.69, 9.17) is 11.8 Å². The lowest BCUT2D eigenvalue weighted by molar-refractivity contribution is 1.14. The summed E-state index contributed by atoms with van der Waals surface area (Å²) in [4.78, 5) is 2.55. The van der Waals surface area contributed by atoms with Crippen molar-refractivity contribution >= 4 is 17.5 Å². The Morgan fingerprint density at radius 3 is 2.30 bits per heavy atom. The van der Waals surface area contributed by atoms with Gasteiger partial charge in [-0.1, -0.05) is 19.1 Å². The molecule has 0 heterocycles. The third-order valence-corrected chi connectivity index (χ3v) is 1.69. The maximum absolute atomic E-state index is 5.37. The molecule has 0 amide bonds. The normalized spacial score (nSPS) is 9.40. The van der Waals surface area contributed by atoms with Crippen LogP contribution in [0.1, 0.15) is 12.5 Å². The lowest BCUT2D eigenvalue weighted by Gasteiger charge is -1.97. The van der Waals surface area contributed by atoms with Crippen LogP contribution in [0.4, 0.5) is 5.69 Å². The Balaban J connectivity index is 2.80. The molecule has 1 nitrogen and oxygen atoms in total. The molecule has 0 aliphatic rings. The van der Waals surface area contributed by atoms with Crippen molar-refractivity contribution in [1.29, 1.82) is 0 Å². The van der Waals surface area contributed by atoms with Crippen molar-refractivity contribution in [2.75, 3.05) is 4.84 Å². The molecule has 0 bridgehead atoms. The van der Waals surface area contributed by atoms with Crippen molar-refractivity contribution in [3.05, 3.63) is 29.8 Å². The molecule has 0 aromatic heterocycles. The van der Waals surface area contributed by atoms with Gasteiger partial charge in [-0.05, 0) is 24.1 Å². The number of halogens is 1. The summed E-state index contributed by atoms with van der Waals surface area (Å²) in [7, 11) is 0. The van der Waals surface area contributed by atoms with E-state index in [-0.39, 0.29) is 0 Å². The van der Waals surface area contributed by atoms with E-state index in [1.54, 1.807) is 0 Å². The zero-order valence-corrected chi connectivity index (χ0v) is 6.65. The van der Waals surface area contributed by atoms with Crippen molar-refractivity contribution < 1.29 is 0 Å². The largest absolute Gasteiger partial charge is 0.299 e. The highest BCUT2D eigenvalue weighted by Crippen LogP contribution is 2.09. The summed E-state index contributed by atoms with van der Waals surface area (Å²) >= 11 is 5.37. The predicted molar refractivity (Wildman–Crippen MR) is 45.3 cm³/mol. The average molecular weight is 156 g/mol. The first-order valence-corrected chi connectivity index (χ1v) is 3.70. The predicted octanol–water partition coefficient (Wildman–Crippen LogP) is 2.81. The van der Waals surface area contributed by atoms with E-state index in [1.807, 2.05) is 12.1 Å². The van der Waals surface area contributed by atoms with Crippen LogP contribution in [0.25, 0.3) is 0 Å². The van der Waals surface area contributed by atoms with E-state index in [0.717, 1.165) is 12.1 Å². The van der Waals surface area contributed by atoms with Crippen LogP contribution in [0.2, 0.25) is 0 Å². The lowest BCUT2D eigenvalue weighted by Crippen LogP contribution is -1.81. The minimum atomic E-state index is 0.943. The zero-order valence-electron chi connectivity index (χ0n) is 5.89. The van der Waals surface area contributed by atoms with Crippen molar-refractivity contribution in [2.45, 2.75) is 13.3 Å². The molecule has 0 saturated carbocycles. The van der Waals surface area contributed by atoms with Gasteiger partial charge in [0.15, 0.2) is 0 Å². The second kappa shape index (κ2) is 3.47. The number of aryl methyl sites for hydroxylation is 1. The second-order valence-electron chi connectivity index (χ2n) is 2.14. The van der Waals surface area contributed by atoms with Crippen LogP contribution in [0, 0.1) is 0 Å². The van der Waals surface area contributed by atoms with Gasteiger partial charge in [-0.2, -0.15) is 0 Å². The fourth-order valence-corrected chi connectivity index (χ4v) is 0.929. The van der Waals surface area contributed by atoms with Gasteiger partial charge >= 0.3 is 0 Å². The highest BCUT2D eigenvalue weighted by Gasteiger charge is 1.88. The van der Waals surface area contributed by atoms with E-state index < -0.39 is 0 Å². The maximum atomic E-state index is 5.37. The van der Waals surface area contributed by atoms with Gasteiger partial charge in [-0.15, -0.1) is 0 Å². The van der Waals surface area contributed by atoms with E-state index in [9.17, 15) is 0 Å². The Morgan fingerprint density at radius 1 is 1.30 bits per heavy atom. The lowest BCUT2D eigenvalue weighted by atomic mass is 10.2. The number of benzene rings is 1. The Morgan fingerprint density at radius 2 is 1.90 bits per heavy atom. The third kappa shape index (κ3) is 1.64. The molecule has 0 radical (unpaired) electrons. The van der Waals surface area contributed by atoms with Crippen LogP contribution in [0.15, 0.2) is 24.3 Å². The monoisotopic (exact) mass is 155 g/mol. The van der Waals surface area contributed by atoms with E-state index in [2.05, 4.69) is 23.9 Å². The molecule has 0 unspecified atom stereocenters. The molecule has 0 atom stereocenters. The molecule has 10 heavy (non-hydrogen) atoms. The zero-order chi connectivity index (χ0) is 7.40. The van der Waals surface area contributed by atoms with Gasteiger partial charge in [0.1, 0.15) is 0 Å². The second-order valence-corrected chi connectivity index (χ2v) is 2.33. The molecule has 1 N–H and O–H groups in total. The molecule has 2 heteroatoms. The average Bonchev–Trinajstić information content (AvgIpc) is 2.05. The van der Waals surface area contributed by atoms with Crippen LogP contribution < -0.4 is 4.84 Å². The molecule has 54 valence electrons. The maximum Gasteiger partial charge on any atom is 0.0491 e. The first-order chi connectivity index (χ1) is 4.86. The molecule has 0 fully saturated rings. The third-order valence-electron chi connectivity index (χ3n) is 1.47. The van der Waals surface area contributed by atoms with Crippen molar-refractivity contribution in [3.8, 4) is 0 Å². The van der Waals surface area contributed by atoms with Crippen LogP contribution in [0.3, 0.4) is 0 Å². The standard InChI is InChI=1S/C8H10ClN/c1-2-7-3-5-8(10-9)6-4-7/h3-6,10H,2H2,1H3. The van der Waals surface area contributed by atoms with Crippen LogP contribution in [-0.2, 0) is 6.42 Å². The number of anilines is 1. The van der Waals surface area contributed by atoms with Crippen LogP contribution in [-0.4, -0.2) is 0 Å². The van der Waals surface area contributed by atoms with E-state index in [0.29, 0.717) is 0 Å². The smallest absolute Gasteiger partial charge is 0.0491 e. The van der Waals surface area contributed by atoms with E-state index in [1.165, 1.54) is 5.56 Å². The van der Waals surface area contributed by atoms with Crippen molar-refractivity contribution in [1.82, 2.24) is 0 Å². The first-order valence-electron chi connectivity index (χ1n) is 3.32. The highest BCUT2D eigenvalue weighted by molar-refractivity contribution is 6.23.